The van der Waals surface area contributed by atoms with E-state index in [-0.39, 0.29) is 0 Å². The minimum Gasteiger partial charge on any atom is -0.310 e. The van der Waals surface area contributed by atoms with Gasteiger partial charge in [0.25, 0.3) is 0 Å². The lowest BCUT2D eigenvalue weighted by molar-refractivity contribution is 1.29. The molecule has 0 amide bonds. The van der Waals surface area contributed by atoms with Crippen LogP contribution < -0.4 is 9.80 Å². The summed E-state index contributed by atoms with van der Waals surface area (Å²) in [6.07, 6.45) is 0. The van der Waals surface area contributed by atoms with Gasteiger partial charge in [-0.2, -0.15) is 0 Å². The van der Waals surface area contributed by atoms with E-state index in [0.717, 1.165) is 34.1 Å². The Labute approximate surface area is 410 Å². The molecule has 12 aromatic rings. The molecule has 0 saturated carbocycles. The van der Waals surface area contributed by atoms with Gasteiger partial charge >= 0.3 is 0 Å². The van der Waals surface area contributed by atoms with E-state index in [0.29, 0.717) is 0 Å². The number of benzene rings is 12. The molecular formula is C68H48N2. The van der Waals surface area contributed by atoms with Crippen LogP contribution in [0.5, 0.6) is 0 Å². The molecule has 0 aromatic heterocycles. The quantitative estimate of drug-likeness (QED) is 0.128. The second kappa shape index (κ2) is 18.8. The van der Waals surface area contributed by atoms with Crippen LogP contribution in [-0.2, 0) is 0 Å². The van der Waals surface area contributed by atoms with Crippen LogP contribution in [0.25, 0.3) is 77.2 Å². The van der Waals surface area contributed by atoms with Gasteiger partial charge in [0, 0.05) is 34.1 Å². The van der Waals surface area contributed by atoms with Crippen LogP contribution >= 0.6 is 0 Å². The van der Waals surface area contributed by atoms with Crippen molar-refractivity contribution in [3.8, 4) is 55.6 Å². The first-order valence-electron chi connectivity index (χ1n) is 24.0. The molecule has 0 bridgehead atoms. The standard InChI is InChI=1S/C68H48N2/c1-3-15-63(16-4-1)69(67-45-39-49-11-7-9-13-61(49)47-67)65-41-35-59(36-42-65)57-31-27-55(28-32-57)53-23-19-51(20-24-53)52-21-25-54(26-22-52)56-29-33-58(34-30-56)60-37-43-66(44-38-60)70(64-17-5-2-6-18-64)68-46-40-50-12-8-10-14-62(50)48-68/h1-48H. The number of rotatable bonds is 11. The van der Waals surface area contributed by atoms with Gasteiger partial charge in [-0.3, -0.25) is 0 Å². The van der Waals surface area contributed by atoms with Gasteiger partial charge in [-0.15, -0.1) is 0 Å². The third-order valence-corrected chi connectivity index (χ3v) is 13.5. The summed E-state index contributed by atoms with van der Waals surface area (Å²) in [6, 6.07) is 105. The Bertz CT molecular complexity index is 3450. The van der Waals surface area contributed by atoms with Crippen LogP contribution in [0.3, 0.4) is 0 Å². The van der Waals surface area contributed by atoms with Crippen LogP contribution in [0.1, 0.15) is 0 Å². The average Bonchev–Trinajstić information content (AvgIpc) is 3.44. The lowest BCUT2D eigenvalue weighted by atomic mass is 9.96. The zero-order chi connectivity index (χ0) is 46.6. The van der Waals surface area contributed by atoms with Crippen molar-refractivity contribution in [3.63, 3.8) is 0 Å². The zero-order valence-corrected chi connectivity index (χ0v) is 38.6. The summed E-state index contributed by atoms with van der Waals surface area (Å²) in [6.45, 7) is 0. The molecule has 12 aromatic carbocycles. The molecule has 0 N–H and O–H groups in total. The van der Waals surface area contributed by atoms with Crippen molar-refractivity contribution >= 4 is 55.7 Å². The first-order chi connectivity index (χ1) is 34.7. The largest absolute Gasteiger partial charge is 0.310 e. The Morgan fingerprint density at radius 3 is 0.614 bits per heavy atom. The topological polar surface area (TPSA) is 6.48 Å². The van der Waals surface area contributed by atoms with Gasteiger partial charge in [-0.25, -0.2) is 0 Å². The van der Waals surface area contributed by atoms with E-state index in [1.165, 1.54) is 77.2 Å². The fraction of sp³-hybridized carbons (Fsp3) is 0. The van der Waals surface area contributed by atoms with Gasteiger partial charge in [0.2, 0.25) is 0 Å². The summed E-state index contributed by atoms with van der Waals surface area (Å²) in [7, 11) is 0. The number of nitrogens with zero attached hydrogens (tertiary/aromatic N) is 2. The molecule has 2 nitrogen and oxygen atoms in total. The minimum absolute atomic E-state index is 1.12. The highest BCUT2D eigenvalue weighted by Crippen LogP contribution is 2.39. The summed E-state index contributed by atoms with van der Waals surface area (Å²) in [5, 5.41) is 4.93. The predicted octanol–water partition coefficient (Wildman–Crippen LogP) is 19.3. The Morgan fingerprint density at radius 2 is 0.343 bits per heavy atom. The molecule has 70 heavy (non-hydrogen) atoms. The molecule has 0 aliphatic carbocycles. The summed E-state index contributed by atoms with van der Waals surface area (Å²) < 4.78 is 0. The van der Waals surface area contributed by atoms with Crippen LogP contribution in [0, 0.1) is 0 Å². The van der Waals surface area contributed by atoms with Crippen LogP contribution in [0.4, 0.5) is 34.1 Å². The summed E-state index contributed by atoms with van der Waals surface area (Å²) in [5.41, 5.74) is 18.7. The van der Waals surface area contributed by atoms with Crippen molar-refractivity contribution in [2.45, 2.75) is 0 Å². The SMILES string of the molecule is c1ccc(N(c2ccc(-c3ccc(-c4ccc(-c5ccc(-c6ccc(-c7ccc(N(c8ccccc8)c8ccc9ccccc9c8)cc7)cc6)cc5)cc4)cc3)cc2)c2ccc3ccccc3c2)cc1. The molecule has 2 heteroatoms. The Balaban J connectivity index is 0.709. The Kier molecular flexibility index (Phi) is 11.3. The van der Waals surface area contributed by atoms with Crippen molar-refractivity contribution in [3.05, 3.63) is 291 Å². The molecular weight excluding hydrogens is 845 g/mol. The normalized spacial score (nSPS) is 11.1. The maximum atomic E-state index is 2.32. The fourth-order valence-corrected chi connectivity index (χ4v) is 9.71. The molecule has 330 valence electrons. The van der Waals surface area contributed by atoms with Gasteiger partial charge in [-0.1, -0.05) is 218 Å². The van der Waals surface area contributed by atoms with E-state index in [2.05, 4.69) is 301 Å². The Hall–Kier alpha value is -9.24. The maximum Gasteiger partial charge on any atom is 0.0468 e. The molecule has 0 atom stereocenters. The van der Waals surface area contributed by atoms with E-state index >= 15 is 0 Å². The highest BCUT2D eigenvalue weighted by molar-refractivity contribution is 5.91. The zero-order valence-electron chi connectivity index (χ0n) is 38.6. The first-order valence-corrected chi connectivity index (χ1v) is 24.0. The summed E-state index contributed by atoms with van der Waals surface area (Å²) in [5.74, 6) is 0. The first kappa shape index (κ1) is 42.1. The molecule has 0 radical (unpaired) electrons. The highest BCUT2D eigenvalue weighted by Gasteiger charge is 2.15. The monoisotopic (exact) mass is 892 g/mol. The van der Waals surface area contributed by atoms with Gasteiger partial charge in [0.15, 0.2) is 0 Å². The number of hydrogen-bond acceptors (Lipinski definition) is 2. The summed E-state index contributed by atoms with van der Waals surface area (Å²) in [4.78, 5) is 4.65. The van der Waals surface area contributed by atoms with Crippen molar-refractivity contribution < 1.29 is 0 Å². The number of fused-ring (bicyclic) bond motifs is 2. The second-order valence-electron chi connectivity index (χ2n) is 17.8. The van der Waals surface area contributed by atoms with E-state index < -0.39 is 0 Å². The molecule has 0 aliphatic rings. The molecule has 0 unspecified atom stereocenters. The highest BCUT2D eigenvalue weighted by atomic mass is 15.1. The lowest BCUT2D eigenvalue weighted by Gasteiger charge is -2.26. The fourth-order valence-electron chi connectivity index (χ4n) is 9.71. The van der Waals surface area contributed by atoms with Gasteiger partial charge in [-0.05, 0) is 150 Å². The van der Waals surface area contributed by atoms with Crippen LogP contribution in [0.2, 0.25) is 0 Å². The van der Waals surface area contributed by atoms with Gasteiger partial charge < -0.3 is 9.80 Å². The molecule has 0 aliphatic heterocycles. The minimum atomic E-state index is 1.12. The predicted molar refractivity (Wildman–Crippen MR) is 298 cm³/mol. The molecule has 0 spiro atoms. The maximum absolute atomic E-state index is 2.32. The van der Waals surface area contributed by atoms with E-state index in [9.17, 15) is 0 Å². The van der Waals surface area contributed by atoms with E-state index in [1.807, 2.05) is 0 Å². The number of anilines is 6. The van der Waals surface area contributed by atoms with Crippen molar-refractivity contribution in [2.75, 3.05) is 9.80 Å². The van der Waals surface area contributed by atoms with E-state index in [4.69, 9.17) is 0 Å². The molecule has 12 rings (SSSR count). The average molecular weight is 893 g/mol. The second-order valence-corrected chi connectivity index (χ2v) is 17.8. The third kappa shape index (κ3) is 8.63. The molecule has 0 heterocycles. The third-order valence-electron chi connectivity index (χ3n) is 13.5. The van der Waals surface area contributed by atoms with Gasteiger partial charge in [0.1, 0.15) is 0 Å². The molecule has 0 saturated heterocycles. The van der Waals surface area contributed by atoms with Crippen LogP contribution in [-0.4, -0.2) is 0 Å². The number of para-hydroxylation sites is 2. The summed E-state index contributed by atoms with van der Waals surface area (Å²) >= 11 is 0. The van der Waals surface area contributed by atoms with Crippen molar-refractivity contribution in [2.24, 2.45) is 0 Å². The number of hydrogen-bond donors (Lipinski definition) is 0. The lowest BCUT2D eigenvalue weighted by Crippen LogP contribution is -2.09. The van der Waals surface area contributed by atoms with Crippen molar-refractivity contribution in [1.82, 2.24) is 0 Å². The van der Waals surface area contributed by atoms with E-state index in [1.54, 1.807) is 0 Å². The van der Waals surface area contributed by atoms with Gasteiger partial charge in [0.05, 0.1) is 0 Å². The smallest absolute Gasteiger partial charge is 0.0468 e. The Morgan fingerprint density at radius 1 is 0.143 bits per heavy atom. The van der Waals surface area contributed by atoms with Crippen molar-refractivity contribution in [1.29, 1.82) is 0 Å². The van der Waals surface area contributed by atoms with Crippen LogP contribution in [0.15, 0.2) is 291 Å². The molecule has 0 fully saturated rings.